The highest BCUT2D eigenvalue weighted by molar-refractivity contribution is 5.90. The molecule has 2 atom stereocenters. The molecule has 4 nitrogen and oxygen atoms in total. The van der Waals surface area contributed by atoms with Gasteiger partial charge in [0.2, 0.25) is 0 Å². The first-order chi connectivity index (χ1) is 11.8. The van der Waals surface area contributed by atoms with Gasteiger partial charge in [-0.1, -0.05) is 52.9 Å². The molecule has 1 saturated carbocycles. The summed E-state index contributed by atoms with van der Waals surface area (Å²) in [6.45, 7) is 8.72. The molecule has 0 heterocycles. The normalized spacial score (nSPS) is 24.6. The quantitative estimate of drug-likeness (QED) is 0.424. The van der Waals surface area contributed by atoms with Crippen LogP contribution in [0.4, 0.5) is 0 Å². The summed E-state index contributed by atoms with van der Waals surface area (Å²) in [5.74, 6) is 0.566. The zero-order valence-electron chi connectivity index (χ0n) is 16.4. The second kappa shape index (κ2) is 10.6. The van der Waals surface area contributed by atoms with Gasteiger partial charge in [0, 0.05) is 12.2 Å². The fraction of sp³-hybridized carbons (Fsp3) is 0.810. The maximum absolute atomic E-state index is 11.9. The van der Waals surface area contributed by atoms with Crippen molar-refractivity contribution in [2.45, 2.75) is 91.1 Å². The SMILES string of the molecule is CCCC(C)C1CCC(CC(C)(CCC)OC(=O)/C=C/C(=O)O)CC1. The van der Waals surface area contributed by atoms with Crippen LogP contribution in [0.25, 0.3) is 0 Å². The van der Waals surface area contributed by atoms with E-state index >= 15 is 0 Å². The molecule has 0 aromatic carbocycles. The summed E-state index contributed by atoms with van der Waals surface area (Å²) in [4.78, 5) is 22.5. The molecular formula is C21H36O4. The van der Waals surface area contributed by atoms with E-state index in [-0.39, 0.29) is 0 Å². The fourth-order valence-electron chi connectivity index (χ4n) is 4.40. The largest absolute Gasteiger partial charge is 0.478 e. The average molecular weight is 353 g/mol. The van der Waals surface area contributed by atoms with E-state index in [2.05, 4.69) is 20.8 Å². The van der Waals surface area contributed by atoms with E-state index in [0.717, 1.165) is 43.3 Å². The van der Waals surface area contributed by atoms with Crippen molar-refractivity contribution >= 4 is 11.9 Å². The van der Waals surface area contributed by atoms with Crippen molar-refractivity contribution in [2.24, 2.45) is 17.8 Å². The van der Waals surface area contributed by atoms with E-state index in [0.29, 0.717) is 5.92 Å². The number of aliphatic carboxylic acids is 1. The van der Waals surface area contributed by atoms with E-state index in [1.54, 1.807) is 0 Å². The van der Waals surface area contributed by atoms with Gasteiger partial charge in [0.1, 0.15) is 5.60 Å². The lowest BCUT2D eigenvalue weighted by Crippen LogP contribution is -2.35. The number of carboxylic acid groups (broad SMARTS) is 1. The zero-order valence-corrected chi connectivity index (χ0v) is 16.4. The Hall–Kier alpha value is -1.32. The first-order valence-corrected chi connectivity index (χ1v) is 9.93. The molecule has 0 spiro atoms. The third kappa shape index (κ3) is 8.06. The van der Waals surface area contributed by atoms with Crippen LogP contribution in [0, 0.1) is 17.8 Å². The Kier molecular flexibility index (Phi) is 9.23. The molecule has 0 aromatic rings. The minimum absolute atomic E-state index is 0.499. The minimum Gasteiger partial charge on any atom is -0.478 e. The lowest BCUT2D eigenvalue weighted by atomic mass is 9.72. The Morgan fingerprint density at radius 1 is 1.16 bits per heavy atom. The lowest BCUT2D eigenvalue weighted by Gasteiger charge is -2.37. The van der Waals surface area contributed by atoms with E-state index in [4.69, 9.17) is 9.84 Å². The van der Waals surface area contributed by atoms with Gasteiger partial charge in [-0.2, -0.15) is 0 Å². The van der Waals surface area contributed by atoms with Gasteiger partial charge in [-0.25, -0.2) is 9.59 Å². The number of ether oxygens (including phenoxy) is 1. The smallest absolute Gasteiger partial charge is 0.331 e. The first-order valence-electron chi connectivity index (χ1n) is 9.93. The molecule has 1 fully saturated rings. The number of rotatable bonds is 10. The fourth-order valence-corrected chi connectivity index (χ4v) is 4.40. The van der Waals surface area contributed by atoms with Gasteiger partial charge < -0.3 is 9.84 Å². The predicted octanol–water partition coefficient (Wildman–Crippen LogP) is 5.36. The van der Waals surface area contributed by atoms with Crippen LogP contribution in [0.1, 0.15) is 85.5 Å². The lowest BCUT2D eigenvalue weighted by molar-refractivity contribution is -0.155. The van der Waals surface area contributed by atoms with Crippen LogP contribution in [-0.4, -0.2) is 22.6 Å². The van der Waals surface area contributed by atoms with Crippen molar-refractivity contribution in [1.82, 2.24) is 0 Å². The van der Waals surface area contributed by atoms with Crippen LogP contribution in [-0.2, 0) is 14.3 Å². The zero-order chi connectivity index (χ0) is 18.9. The molecule has 144 valence electrons. The Morgan fingerprint density at radius 2 is 1.80 bits per heavy atom. The van der Waals surface area contributed by atoms with Crippen LogP contribution in [0.2, 0.25) is 0 Å². The second-order valence-electron chi connectivity index (χ2n) is 8.04. The van der Waals surface area contributed by atoms with Crippen molar-refractivity contribution in [2.75, 3.05) is 0 Å². The van der Waals surface area contributed by atoms with Crippen LogP contribution < -0.4 is 0 Å². The number of hydrogen-bond acceptors (Lipinski definition) is 3. The van der Waals surface area contributed by atoms with Gasteiger partial charge in [-0.3, -0.25) is 0 Å². The molecule has 2 unspecified atom stereocenters. The molecule has 1 N–H and O–H groups in total. The summed E-state index contributed by atoms with van der Waals surface area (Å²) >= 11 is 0. The summed E-state index contributed by atoms with van der Waals surface area (Å²) in [6.07, 6.45) is 12.0. The van der Waals surface area contributed by atoms with E-state index in [1.165, 1.54) is 38.5 Å². The molecule has 0 bridgehead atoms. The van der Waals surface area contributed by atoms with Gasteiger partial charge in [0.25, 0.3) is 0 Å². The molecule has 0 radical (unpaired) electrons. The van der Waals surface area contributed by atoms with E-state index < -0.39 is 17.5 Å². The maximum atomic E-state index is 11.9. The average Bonchev–Trinajstić information content (AvgIpc) is 2.53. The molecule has 4 heteroatoms. The first kappa shape index (κ1) is 21.7. The summed E-state index contributed by atoms with van der Waals surface area (Å²) in [5, 5.41) is 8.64. The number of carbonyl (C=O) groups is 2. The van der Waals surface area contributed by atoms with Crippen LogP contribution in [0.15, 0.2) is 12.2 Å². The van der Waals surface area contributed by atoms with Crippen LogP contribution >= 0.6 is 0 Å². The standard InChI is InChI=1S/C21H36O4/c1-5-7-16(3)18-10-8-17(9-11-18)15-21(4,14-6-2)25-20(24)13-12-19(22)23/h12-13,16-18H,5-11,14-15H2,1-4H3,(H,22,23)/b13-12+. The maximum Gasteiger partial charge on any atom is 0.331 e. The van der Waals surface area contributed by atoms with E-state index in [1.807, 2.05) is 6.92 Å². The highest BCUT2D eigenvalue weighted by Gasteiger charge is 2.33. The Morgan fingerprint density at radius 3 is 2.32 bits per heavy atom. The minimum atomic E-state index is -1.13. The molecule has 1 aliphatic rings. The third-order valence-corrected chi connectivity index (χ3v) is 5.65. The summed E-state index contributed by atoms with van der Waals surface area (Å²) < 4.78 is 5.66. The van der Waals surface area contributed by atoms with Gasteiger partial charge in [0.05, 0.1) is 0 Å². The topological polar surface area (TPSA) is 63.6 Å². The van der Waals surface area contributed by atoms with Crippen molar-refractivity contribution in [3.63, 3.8) is 0 Å². The van der Waals surface area contributed by atoms with Gasteiger partial charge in [0.15, 0.2) is 0 Å². The molecule has 0 amide bonds. The van der Waals surface area contributed by atoms with E-state index in [9.17, 15) is 9.59 Å². The Labute approximate surface area is 153 Å². The van der Waals surface area contributed by atoms with Crippen LogP contribution in [0.5, 0.6) is 0 Å². The Balaban J connectivity index is 2.57. The van der Waals surface area contributed by atoms with Crippen molar-refractivity contribution < 1.29 is 19.4 Å². The monoisotopic (exact) mass is 352 g/mol. The van der Waals surface area contributed by atoms with Crippen molar-refractivity contribution in [3.05, 3.63) is 12.2 Å². The number of esters is 1. The van der Waals surface area contributed by atoms with Gasteiger partial charge >= 0.3 is 11.9 Å². The highest BCUT2D eigenvalue weighted by Crippen LogP contribution is 2.39. The second-order valence-corrected chi connectivity index (χ2v) is 8.04. The highest BCUT2D eigenvalue weighted by atomic mass is 16.6. The molecule has 1 rings (SSSR count). The number of carbonyl (C=O) groups excluding carboxylic acids is 1. The van der Waals surface area contributed by atoms with Crippen molar-refractivity contribution in [3.8, 4) is 0 Å². The predicted molar refractivity (Wildman–Crippen MR) is 100 cm³/mol. The molecule has 0 saturated heterocycles. The summed E-state index contributed by atoms with van der Waals surface area (Å²) in [6, 6.07) is 0. The number of carboxylic acids is 1. The van der Waals surface area contributed by atoms with Crippen LogP contribution in [0.3, 0.4) is 0 Å². The molecule has 0 aliphatic heterocycles. The summed E-state index contributed by atoms with van der Waals surface area (Å²) in [5.41, 5.74) is -0.499. The molecule has 25 heavy (non-hydrogen) atoms. The van der Waals surface area contributed by atoms with Crippen molar-refractivity contribution in [1.29, 1.82) is 0 Å². The number of hydrogen-bond donors (Lipinski definition) is 1. The van der Waals surface area contributed by atoms with Gasteiger partial charge in [-0.15, -0.1) is 0 Å². The summed E-state index contributed by atoms with van der Waals surface area (Å²) in [7, 11) is 0. The molecular weight excluding hydrogens is 316 g/mol. The molecule has 1 aliphatic carbocycles. The Bertz CT molecular complexity index is 449. The third-order valence-electron chi connectivity index (χ3n) is 5.65. The molecule has 0 aromatic heterocycles. The van der Waals surface area contributed by atoms with Gasteiger partial charge in [-0.05, 0) is 50.4 Å².